The summed E-state index contributed by atoms with van der Waals surface area (Å²) in [7, 11) is 1.95. The summed E-state index contributed by atoms with van der Waals surface area (Å²) >= 11 is 1.88. The summed E-state index contributed by atoms with van der Waals surface area (Å²) in [5.74, 6) is 0. The topological polar surface area (TPSA) is 36.3 Å². The Morgan fingerprint density at radius 3 is 2.67 bits per heavy atom. The van der Waals surface area contributed by atoms with Gasteiger partial charge in [-0.3, -0.25) is 4.68 Å². The van der Waals surface area contributed by atoms with E-state index in [1.165, 1.54) is 34.6 Å². The minimum atomic E-state index is -0.335. The molecule has 0 atom stereocenters. The lowest BCUT2D eigenvalue weighted by molar-refractivity contribution is -0.144. The second-order valence-corrected chi connectivity index (χ2v) is 6.37. The Labute approximate surface area is 129 Å². The van der Waals surface area contributed by atoms with Crippen molar-refractivity contribution in [2.24, 2.45) is 7.05 Å². The van der Waals surface area contributed by atoms with Crippen molar-refractivity contribution in [3.8, 4) is 10.6 Å². The fourth-order valence-corrected chi connectivity index (χ4v) is 4.01. The standard InChI is InChI=1S/C16H22N2O2S/c1-4-19-16(20-5-2)13-10-12(17-18(13)3)15-9-11-7-6-8-14(11)21-15/h9-10,16H,4-8H2,1-3H3. The molecule has 2 aromatic heterocycles. The molecule has 0 bridgehead atoms. The largest absolute Gasteiger partial charge is 0.347 e. The van der Waals surface area contributed by atoms with E-state index in [4.69, 9.17) is 9.47 Å². The van der Waals surface area contributed by atoms with Gasteiger partial charge in [0, 0.05) is 25.1 Å². The van der Waals surface area contributed by atoms with Gasteiger partial charge in [-0.2, -0.15) is 5.10 Å². The number of aryl methyl sites for hydroxylation is 3. The van der Waals surface area contributed by atoms with Gasteiger partial charge in [-0.05, 0) is 50.8 Å². The average molecular weight is 306 g/mol. The highest BCUT2D eigenvalue weighted by Gasteiger charge is 2.21. The SMILES string of the molecule is CCOC(OCC)c1cc(-c2cc3c(s2)CCC3)nn1C. The predicted octanol–water partition coefficient (Wildman–Crippen LogP) is 3.71. The molecule has 0 N–H and O–H groups in total. The number of ether oxygens (including phenoxy) is 2. The lowest BCUT2D eigenvalue weighted by atomic mass is 10.2. The molecule has 114 valence electrons. The molecule has 0 aromatic carbocycles. The van der Waals surface area contributed by atoms with Crippen LogP contribution in [0.2, 0.25) is 0 Å². The van der Waals surface area contributed by atoms with Crippen molar-refractivity contribution in [2.45, 2.75) is 39.4 Å². The zero-order chi connectivity index (χ0) is 14.8. The highest BCUT2D eigenvalue weighted by atomic mass is 32.1. The molecule has 0 radical (unpaired) electrons. The van der Waals surface area contributed by atoms with E-state index in [2.05, 4.69) is 17.2 Å². The molecule has 2 aromatic rings. The van der Waals surface area contributed by atoms with Crippen LogP contribution in [0.5, 0.6) is 0 Å². The molecule has 1 aliphatic rings. The number of aromatic nitrogens is 2. The molecule has 0 amide bonds. The van der Waals surface area contributed by atoms with Crippen LogP contribution in [0.3, 0.4) is 0 Å². The van der Waals surface area contributed by atoms with Gasteiger partial charge in [-0.1, -0.05) is 0 Å². The van der Waals surface area contributed by atoms with Crippen LogP contribution in [0.15, 0.2) is 12.1 Å². The van der Waals surface area contributed by atoms with Gasteiger partial charge in [0.1, 0.15) is 5.69 Å². The van der Waals surface area contributed by atoms with Crippen molar-refractivity contribution in [1.82, 2.24) is 9.78 Å². The quantitative estimate of drug-likeness (QED) is 0.763. The van der Waals surface area contributed by atoms with Crippen molar-refractivity contribution < 1.29 is 9.47 Å². The summed E-state index contributed by atoms with van der Waals surface area (Å²) in [6, 6.07) is 4.40. The number of thiophene rings is 1. The maximum Gasteiger partial charge on any atom is 0.200 e. The van der Waals surface area contributed by atoms with E-state index in [0.717, 1.165) is 11.4 Å². The molecule has 0 fully saturated rings. The van der Waals surface area contributed by atoms with Crippen molar-refractivity contribution in [3.63, 3.8) is 0 Å². The van der Waals surface area contributed by atoms with Crippen molar-refractivity contribution >= 4 is 11.3 Å². The van der Waals surface area contributed by atoms with Crippen LogP contribution in [0.1, 0.15) is 42.7 Å². The molecule has 0 aliphatic heterocycles. The first-order valence-corrected chi connectivity index (χ1v) is 8.43. The Morgan fingerprint density at radius 1 is 1.24 bits per heavy atom. The molecule has 5 heteroatoms. The Hall–Kier alpha value is -1.17. The molecule has 2 heterocycles. The van der Waals surface area contributed by atoms with Gasteiger partial charge in [0.05, 0.1) is 10.6 Å². The summed E-state index contributed by atoms with van der Waals surface area (Å²) in [4.78, 5) is 2.79. The summed E-state index contributed by atoms with van der Waals surface area (Å²) < 4.78 is 13.2. The summed E-state index contributed by atoms with van der Waals surface area (Å²) in [5.41, 5.74) is 3.51. The minimum absolute atomic E-state index is 0.335. The zero-order valence-corrected chi connectivity index (χ0v) is 13.7. The fourth-order valence-electron chi connectivity index (χ4n) is 2.80. The van der Waals surface area contributed by atoms with Crippen molar-refractivity contribution in [2.75, 3.05) is 13.2 Å². The number of hydrogen-bond acceptors (Lipinski definition) is 4. The van der Waals surface area contributed by atoms with E-state index in [1.54, 1.807) is 0 Å². The van der Waals surface area contributed by atoms with E-state index >= 15 is 0 Å². The fraction of sp³-hybridized carbons (Fsp3) is 0.562. The highest BCUT2D eigenvalue weighted by Crippen LogP contribution is 2.36. The third-order valence-electron chi connectivity index (χ3n) is 3.79. The maximum absolute atomic E-state index is 5.68. The lowest BCUT2D eigenvalue weighted by Crippen LogP contribution is -2.12. The monoisotopic (exact) mass is 306 g/mol. The second-order valence-electron chi connectivity index (χ2n) is 5.23. The van der Waals surface area contributed by atoms with Crippen molar-refractivity contribution in [1.29, 1.82) is 0 Å². The first-order valence-electron chi connectivity index (χ1n) is 7.62. The minimum Gasteiger partial charge on any atom is -0.347 e. The Balaban J connectivity index is 1.88. The van der Waals surface area contributed by atoms with Gasteiger partial charge in [-0.15, -0.1) is 11.3 Å². The van der Waals surface area contributed by atoms with Gasteiger partial charge in [0.25, 0.3) is 0 Å². The number of rotatable bonds is 6. The van der Waals surface area contributed by atoms with Crippen LogP contribution >= 0.6 is 11.3 Å². The van der Waals surface area contributed by atoms with Crippen molar-refractivity contribution in [3.05, 3.63) is 28.3 Å². The molecular formula is C16H22N2O2S. The van der Waals surface area contributed by atoms with E-state index in [9.17, 15) is 0 Å². The van der Waals surface area contributed by atoms with Gasteiger partial charge in [-0.25, -0.2) is 0 Å². The highest BCUT2D eigenvalue weighted by molar-refractivity contribution is 7.15. The predicted molar refractivity (Wildman–Crippen MR) is 84.5 cm³/mol. The van der Waals surface area contributed by atoms with Crippen LogP contribution in [0.4, 0.5) is 0 Å². The Morgan fingerprint density at radius 2 is 2.00 bits per heavy atom. The smallest absolute Gasteiger partial charge is 0.200 e. The molecule has 0 saturated carbocycles. The first kappa shape index (κ1) is 14.8. The van der Waals surface area contributed by atoms with Gasteiger partial charge >= 0.3 is 0 Å². The number of nitrogens with zero attached hydrogens (tertiary/aromatic N) is 2. The summed E-state index contributed by atoms with van der Waals surface area (Å²) in [6.07, 6.45) is 3.40. The summed E-state index contributed by atoms with van der Waals surface area (Å²) in [6.45, 7) is 5.21. The lowest BCUT2D eigenvalue weighted by Gasteiger charge is -2.16. The third-order valence-corrected chi connectivity index (χ3v) is 5.05. The number of fused-ring (bicyclic) bond motifs is 1. The van der Waals surface area contributed by atoms with Gasteiger partial charge < -0.3 is 9.47 Å². The zero-order valence-electron chi connectivity index (χ0n) is 12.9. The first-order chi connectivity index (χ1) is 10.2. The van der Waals surface area contributed by atoms with Crippen LogP contribution in [0, 0.1) is 0 Å². The molecule has 21 heavy (non-hydrogen) atoms. The van der Waals surface area contributed by atoms with Crippen LogP contribution in [-0.2, 0) is 29.4 Å². The molecule has 4 nitrogen and oxygen atoms in total. The Kier molecular flexibility index (Phi) is 4.42. The summed E-state index contributed by atoms with van der Waals surface area (Å²) in [5, 5.41) is 4.65. The molecular weight excluding hydrogens is 284 g/mol. The van der Waals surface area contributed by atoms with E-state index in [0.29, 0.717) is 13.2 Å². The molecule has 0 spiro atoms. The second kappa shape index (κ2) is 6.30. The average Bonchev–Trinajstić information content (AvgIpc) is 3.11. The normalized spacial score (nSPS) is 14.1. The molecule has 1 aliphatic carbocycles. The van der Waals surface area contributed by atoms with Crippen LogP contribution < -0.4 is 0 Å². The van der Waals surface area contributed by atoms with Gasteiger partial charge in [0.15, 0.2) is 0 Å². The van der Waals surface area contributed by atoms with Crippen LogP contribution in [-0.4, -0.2) is 23.0 Å². The van der Waals surface area contributed by atoms with Gasteiger partial charge in [0.2, 0.25) is 6.29 Å². The third kappa shape index (κ3) is 2.91. The number of hydrogen-bond donors (Lipinski definition) is 0. The Bertz CT molecular complexity index is 590. The maximum atomic E-state index is 5.68. The van der Waals surface area contributed by atoms with E-state index in [-0.39, 0.29) is 6.29 Å². The van der Waals surface area contributed by atoms with E-state index < -0.39 is 0 Å². The molecule has 0 saturated heterocycles. The molecule has 0 unspecified atom stereocenters. The molecule has 3 rings (SSSR count). The van der Waals surface area contributed by atoms with E-state index in [1.807, 2.05) is 36.9 Å². The van der Waals surface area contributed by atoms with Crippen LogP contribution in [0.25, 0.3) is 10.6 Å².